The second-order valence-corrected chi connectivity index (χ2v) is 11.5. The van der Waals surface area contributed by atoms with Crippen LogP contribution >= 0.6 is 0 Å². The number of aliphatic hydroxyl groups excluding tert-OH is 12. The first-order valence-electron chi connectivity index (χ1n) is 14.1. The van der Waals surface area contributed by atoms with E-state index in [0.717, 1.165) is 0 Å². The number of aliphatic hydroxyl groups is 13. The summed E-state index contributed by atoms with van der Waals surface area (Å²) in [4.78, 5) is 0. The lowest BCUT2D eigenvalue weighted by molar-refractivity contribution is -0.384. The Bertz CT molecular complexity index is 975. The predicted molar refractivity (Wildman–Crippen MR) is 138 cm³/mol. The van der Waals surface area contributed by atoms with Gasteiger partial charge in [0.2, 0.25) is 5.79 Å². The molecule has 1 aliphatic carbocycles. The van der Waals surface area contributed by atoms with Gasteiger partial charge in [0.05, 0.1) is 44.6 Å². The zero-order valence-electron chi connectivity index (χ0n) is 23.6. The summed E-state index contributed by atoms with van der Waals surface area (Å²) in [6.07, 6.45) is -23.5. The van der Waals surface area contributed by atoms with Crippen LogP contribution in [-0.2, 0) is 23.7 Å². The van der Waals surface area contributed by atoms with Crippen LogP contribution in [-0.4, -0.2) is 203 Å². The molecule has 4 rings (SSSR count). The van der Waals surface area contributed by atoms with Crippen molar-refractivity contribution in [1.82, 2.24) is 5.32 Å². The van der Waals surface area contributed by atoms with Crippen LogP contribution in [0.1, 0.15) is 6.92 Å². The van der Waals surface area contributed by atoms with Crippen molar-refractivity contribution in [3.63, 3.8) is 0 Å². The molecule has 0 spiro atoms. The van der Waals surface area contributed by atoms with Gasteiger partial charge in [0.15, 0.2) is 12.6 Å². The summed E-state index contributed by atoms with van der Waals surface area (Å²) in [7, 11) is 0. The minimum Gasteiger partial charge on any atom is -0.394 e. The molecule has 3 fully saturated rings. The van der Waals surface area contributed by atoms with Gasteiger partial charge >= 0.3 is 0 Å². The van der Waals surface area contributed by atoms with Crippen molar-refractivity contribution in [1.29, 1.82) is 0 Å². The summed E-state index contributed by atoms with van der Waals surface area (Å²) in [6, 6.07) is -2.17. The fourth-order valence-corrected chi connectivity index (χ4v) is 5.76. The highest BCUT2D eigenvalue weighted by atomic mass is 16.7. The third-order valence-electron chi connectivity index (χ3n) is 8.52. The number of hydrogen-bond acceptors (Lipinski definition) is 19. The minimum atomic E-state index is -2.50. The summed E-state index contributed by atoms with van der Waals surface area (Å²) < 4.78 is 27.2. The lowest BCUT2D eigenvalue weighted by Crippen LogP contribution is -2.69. The Morgan fingerprint density at radius 3 is 2.05 bits per heavy atom. The molecule has 0 aromatic rings. The third kappa shape index (κ3) is 6.82. The van der Waals surface area contributed by atoms with Crippen LogP contribution in [0, 0.1) is 0 Å². The molecule has 0 aromatic heterocycles. The molecule has 0 aromatic carbocycles. The molecule has 0 amide bonds. The van der Waals surface area contributed by atoms with Gasteiger partial charge in [-0.15, -0.1) is 0 Å². The maximum absolute atomic E-state index is 10.9. The number of hydrogen-bond donors (Lipinski definition) is 14. The predicted octanol–water partition coefficient (Wildman–Crippen LogP) is -8.56. The van der Waals surface area contributed by atoms with Crippen molar-refractivity contribution in [2.45, 2.75) is 117 Å². The Morgan fingerprint density at radius 1 is 0.818 bits per heavy atom. The summed E-state index contributed by atoms with van der Waals surface area (Å²) in [6.45, 7) is -1.63. The minimum absolute atomic E-state index is 0.0213. The SMILES string of the molecule is CC1OC(OC2C(CO)OC(OC3C(O)COC(O)(CO)C3O)C(O)C2O)C(O)C(O)C1NC1C=C(CO)C(O)C(O)C1O. The second-order valence-electron chi connectivity index (χ2n) is 11.5. The van der Waals surface area contributed by atoms with Gasteiger partial charge in [-0.2, -0.15) is 0 Å². The van der Waals surface area contributed by atoms with Crippen molar-refractivity contribution >= 4 is 0 Å². The lowest BCUT2D eigenvalue weighted by atomic mass is 9.86. The van der Waals surface area contributed by atoms with E-state index in [1.165, 1.54) is 13.0 Å². The molecular formula is C25H43NO18. The van der Waals surface area contributed by atoms with Crippen molar-refractivity contribution in [2.75, 3.05) is 26.4 Å². The topological polar surface area (TPSA) is 321 Å². The number of ether oxygens (including phenoxy) is 5. The van der Waals surface area contributed by atoms with E-state index in [1.807, 2.05) is 0 Å². The molecular weight excluding hydrogens is 602 g/mol. The van der Waals surface area contributed by atoms with Gasteiger partial charge in [0.1, 0.15) is 73.2 Å². The fraction of sp³-hybridized carbons (Fsp3) is 0.920. The van der Waals surface area contributed by atoms with E-state index in [4.69, 9.17) is 23.7 Å². The zero-order chi connectivity index (χ0) is 32.7. The number of rotatable bonds is 9. The van der Waals surface area contributed by atoms with E-state index < -0.39 is 136 Å². The normalized spacial score (nSPS) is 52.0. The van der Waals surface area contributed by atoms with Gasteiger partial charge in [0.25, 0.3) is 0 Å². The lowest BCUT2D eigenvalue weighted by Gasteiger charge is -2.49. The van der Waals surface area contributed by atoms with E-state index in [9.17, 15) is 66.4 Å². The molecule has 19 heteroatoms. The molecule has 4 aliphatic rings. The molecule has 3 aliphatic heterocycles. The largest absolute Gasteiger partial charge is 0.394 e. The van der Waals surface area contributed by atoms with Crippen LogP contribution in [0.3, 0.4) is 0 Å². The Kier molecular flexibility index (Phi) is 11.7. The van der Waals surface area contributed by atoms with Gasteiger partial charge in [0, 0.05) is 0 Å². The van der Waals surface area contributed by atoms with Crippen LogP contribution in [0.4, 0.5) is 0 Å². The molecule has 18 unspecified atom stereocenters. The molecule has 0 radical (unpaired) electrons. The van der Waals surface area contributed by atoms with Crippen LogP contribution in [0.2, 0.25) is 0 Å². The molecule has 0 saturated carbocycles. The van der Waals surface area contributed by atoms with Crippen LogP contribution in [0.25, 0.3) is 0 Å². The Hall–Kier alpha value is -1.02. The van der Waals surface area contributed by atoms with Crippen LogP contribution < -0.4 is 5.32 Å². The van der Waals surface area contributed by atoms with Crippen molar-refractivity contribution in [3.8, 4) is 0 Å². The highest BCUT2D eigenvalue weighted by Gasteiger charge is 2.55. The third-order valence-corrected chi connectivity index (χ3v) is 8.52. The first-order chi connectivity index (χ1) is 20.7. The fourth-order valence-electron chi connectivity index (χ4n) is 5.76. The smallest absolute Gasteiger partial charge is 0.218 e. The molecule has 0 bridgehead atoms. The average molecular weight is 646 g/mol. The summed E-state index contributed by atoms with van der Waals surface area (Å²) in [5.74, 6) is -2.50. The molecule has 14 N–H and O–H groups in total. The number of nitrogens with one attached hydrogen (secondary N) is 1. The van der Waals surface area contributed by atoms with E-state index in [0.29, 0.717) is 0 Å². The van der Waals surface area contributed by atoms with E-state index >= 15 is 0 Å². The van der Waals surface area contributed by atoms with Gasteiger partial charge in [-0.25, -0.2) is 0 Å². The van der Waals surface area contributed by atoms with Crippen molar-refractivity contribution in [3.05, 3.63) is 11.6 Å². The first-order valence-corrected chi connectivity index (χ1v) is 14.1. The highest BCUT2D eigenvalue weighted by Crippen LogP contribution is 2.33. The van der Waals surface area contributed by atoms with Crippen LogP contribution in [0.5, 0.6) is 0 Å². The van der Waals surface area contributed by atoms with Crippen molar-refractivity contribution in [2.24, 2.45) is 0 Å². The van der Waals surface area contributed by atoms with Gasteiger partial charge < -0.3 is 95.4 Å². The summed E-state index contributed by atoms with van der Waals surface area (Å²) >= 11 is 0. The maximum atomic E-state index is 10.9. The van der Waals surface area contributed by atoms with Crippen LogP contribution in [0.15, 0.2) is 11.6 Å². The molecule has 19 nitrogen and oxygen atoms in total. The van der Waals surface area contributed by atoms with Gasteiger partial charge in [-0.1, -0.05) is 6.08 Å². The van der Waals surface area contributed by atoms with Crippen molar-refractivity contribution < 1.29 is 90.1 Å². The summed E-state index contributed by atoms with van der Waals surface area (Å²) in [5.41, 5.74) is 0.0213. The Balaban J connectivity index is 1.42. The quantitative estimate of drug-likeness (QED) is 0.103. The van der Waals surface area contributed by atoms with Gasteiger partial charge in [-0.05, 0) is 12.5 Å². The van der Waals surface area contributed by atoms with E-state index in [-0.39, 0.29) is 5.57 Å². The Morgan fingerprint density at radius 2 is 1.43 bits per heavy atom. The molecule has 256 valence electrons. The molecule has 3 saturated heterocycles. The highest BCUT2D eigenvalue weighted by molar-refractivity contribution is 5.22. The van der Waals surface area contributed by atoms with E-state index in [1.54, 1.807) is 0 Å². The molecule has 44 heavy (non-hydrogen) atoms. The average Bonchev–Trinajstić information content (AvgIpc) is 3.01. The monoisotopic (exact) mass is 645 g/mol. The first kappa shape index (κ1) is 35.8. The molecule has 3 heterocycles. The van der Waals surface area contributed by atoms with E-state index in [2.05, 4.69) is 5.32 Å². The van der Waals surface area contributed by atoms with Gasteiger partial charge in [-0.3, -0.25) is 0 Å². The summed E-state index contributed by atoms with van der Waals surface area (Å²) in [5, 5.41) is 136. The maximum Gasteiger partial charge on any atom is 0.218 e. The standard InChI is InChI=1S/C25H43NO18/c1-7-12(26-9-2-8(3-27)13(31)16(34)14(9)32)15(33)18(36)23(41-7)44-21-11(4-28)42-24(19(37)17(21)35)43-20-10(30)5-40-25(39,6-29)22(20)38/h2,7,9-24,26-39H,3-6H2,1H3. The Labute approximate surface area is 250 Å². The second kappa shape index (κ2) is 14.4. The molecule has 18 atom stereocenters. The zero-order valence-corrected chi connectivity index (χ0v) is 23.6.